The molecule has 0 spiro atoms. The predicted molar refractivity (Wildman–Crippen MR) is 78.8 cm³/mol. The molecular formula is C13H18ClF4N3O2. The molecule has 0 aliphatic rings. The van der Waals surface area contributed by atoms with Gasteiger partial charge in [-0.15, -0.1) is 12.4 Å². The molecule has 1 aromatic heterocycles. The zero-order valence-electron chi connectivity index (χ0n) is 12.3. The maximum atomic E-state index is 12.7. The zero-order chi connectivity index (χ0) is 16.6. The molecular weight excluding hydrogens is 342 g/mol. The Morgan fingerprint density at radius 3 is 2.57 bits per heavy atom. The van der Waals surface area contributed by atoms with E-state index < -0.39 is 19.0 Å². The Morgan fingerprint density at radius 1 is 1.35 bits per heavy atom. The standard InChI is InChI=1S/C13H17F4N3O2.ClH/c1-18-5-2-6-19-11(21)9-3-4-10(20-7-9)22-8-13(16,17)12(14)15;/h3-4,7,12,18H,2,5-6,8H2,1H3,(H,19,21);1H. The van der Waals surface area contributed by atoms with Crippen LogP contribution in [0.15, 0.2) is 18.3 Å². The molecule has 132 valence electrons. The van der Waals surface area contributed by atoms with Crippen LogP contribution < -0.4 is 15.4 Å². The lowest BCUT2D eigenvalue weighted by molar-refractivity contribution is -0.148. The van der Waals surface area contributed by atoms with Crippen LogP contribution in [0.1, 0.15) is 16.8 Å². The normalized spacial score (nSPS) is 11.0. The summed E-state index contributed by atoms with van der Waals surface area (Å²) in [6, 6.07) is 2.49. The average molecular weight is 360 g/mol. The summed E-state index contributed by atoms with van der Waals surface area (Å²) in [5.41, 5.74) is 0.220. The van der Waals surface area contributed by atoms with Crippen molar-refractivity contribution < 1.29 is 27.1 Å². The van der Waals surface area contributed by atoms with E-state index in [2.05, 4.69) is 20.4 Å². The number of hydrogen-bond donors (Lipinski definition) is 2. The third-order valence-corrected chi connectivity index (χ3v) is 2.62. The van der Waals surface area contributed by atoms with Gasteiger partial charge in [-0.1, -0.05) is 0 Å². The summed E-state index contributed by atoms with van der Waals surface area (Å²) in [4.78, 5) is 15.3. The second-order valence-corrected chi connectivity index (χ2v) is 4.45. The minimum atomic E-state index is -4.25. The molecule has 0 aliphatic heterocycles. The molecule has 1 rings (SSSR count). The van der Waals surface area contributed by atoms with Crippen LogP contribution in [-0.2, 0) is 0 Å². The van der Waals surface area contributed by atoms with Gasteiger partial charge in [0.15, 0.2) is 6.61 Å². The molecule has 10 heteroatoms. The molecule has 0 saturated carbocycles. The van der Waals surface area contributed by atoms with Gasteiger partial charge in [0, 0.05) is 18.8 Å². The van der Waals surface area contributed by atoms with Gasteiger partial charge >= 0.3 is 12.3 Å². The second kappa shape index (κ2) is 10.2. The van der Waals surface area contributed by atoms with Gasteiger partial charge < -0.3 is 15.4 Å². The average Bonchev–Trinajstić information content (AvgIpc) is 2.50. The monoisotopic (exact) mass is 359 g/mol. The number of carbonyl (C=O) groups is 1. The van der Waals surface area contributed by atoms with Crippen molar-refractivity contribution in [3.63, 3.8) is 0 Å². The molecule has 23 heavy (non-hydrogen) atoms. The summed E-state index contributed by atoms with van der Waals surface area (Å²) < 4.78 is 53.7. The highest BCUT2D eigenvalue weighted by Gasteiger charge is 2.41. The lowest BCUT2D eigenvalue weighted by Gasteiger charge is -2.15. The summed E-state index contributed by atoms with van der Waals surface area (Å²) in [7, 11) is 1.79. The van der Waals surface area contributed by atoms with Crippen molar-refractivity contribution in [2.24, 2.45) is 0 Å². The van der Waals surface area contributed by atoms with Crippen LogP contribution >= 0.6 is 12.4 Å². The first-order chi connectivity index (χ1) is 10.4. The van der Waals surface area contributed by atoms with Crippen LogP contribution in [0.25, 0.3) is 0 Å². The molecule has 0 bridgehead atoms. The molecule has 1 heterocycles. The quantitative estimate of drug-likeness (QED) is 0.524. The maximum absolute atomic E-state index is 12.7. The fourth-order valence-corrected chi connectivity index (χ4v) is 1.40. The zero-order valence-corrected chi connectivity index (χ0v) is 13.1. The van der Waals surface area contributed by atoms with Gasteiger partial charge in [-0.25, -0.2) is 13.8 Å². The Bertz CT molecular complexity index is 475. The molecule has 0 radical (unpaired) electrons. The maximum Gasteiger partial charge on any atom is 0.340 e. The highest BCUT2D eigenvalue weighted by atomic mass is 35.5. The number of carbonyl (C=O) groups excluding carboxylic acids is 1. The fourth-order valence-electron chi connectivity index (χ4n) is 1.40. The van der Waals surface area contributed by atoms with Crippen molar-refractivity contribution in [2.45, 2.75) is 18.8 Å². The SMILES string of the molecule is CNCCCNC(=O)c1ccc(OCC(F)(F)C(F)F)nc1.Cl. The van der Waals surface area contributed by atoms with E-state index in [0.717, 1.165) is 19.2 Å². The van der Waals surface area contributed by atoms with Crippen molar-refractivity contribution in [3.8, 4) is 5.88 Å². The van der Waals surface area contributed by atoms with Crippen molar-refractivity contribution in [1.82, 2.24) is 15.6 Å². The van der Waals surface area contributed by atoms with E-state index >= 15 is 0 Å². The van der Waals surface area contributed by atoms with Crippen molar-refractivity contribution in [2.75, 3.05) is 26.7 Å². The number of alkyl halides is 4. The summed E-state index contributed by atoms with van der Waals surface area (Å²) in [5.74, 6) is -4.87. The summed E-state index contributed by atoms with van der Waals surface area (Å²) in [6.45, 7) is -0.255. The lowest BCUT2D eigenvalue weighted by Crippen LogP contribution is -2.33. The lowest BCUT2D eigenvalue weighted by atomic mass is 10.2. The van der Waals surface area contributed by atoms with Crippen LogP contribution in [-0.4, -0.2) is 50.0 Å². The molecule has 0 aliphatic carbocycles. The van der Waals surface area contributed by atoms with Crippen molar-refractivity contribution in [1.29, 1.82) is 0 Å². The topological polar surface area (TPSA) is 63.2 Å². The molecule has 0 aromatic carbocycles. The number of aromatic nitrogens is 1. The summed E-state index contributed by atoms with van der Waals surface area (Å²) in [5, 5.41) is 5.57. The van der Waals surface area contributed by atoms with E-state index in [1.807, 2.05) is 0 Å². The molecule has 5 nitrogen and oxygen atoms in total. The van der Waals surface area contributed by atoms with Crippen LogP contribution in [0, 0.1) is 0 Å². The Labute approximate surface area is 137 Å². The second-order valence-electron chi connectivity index (χ2n) is 4.45. The largest absolute Gasteiger partial charge is 0.471 e. The molecule has 2 N–H and O–H groups in total. The van der Waals surface area contributed by atoms with Gasteiger partial charge in [0.2, 0.25) is 5.88 Å². The van der Waals surface area contributed by atoms with Crippen LogP contribution in [0.5, 0.6) is 5.88 Å². The number of halogens is 5. The van der Waals surface area contributed by atoms with E-state index in [4.69, 9.17) is 0 Å². The van der Waals surface area contributed by atoms with Crippen molar-refractivity contribution in [3.05, 3.63) is 23.9 Å². The third-order valence-electron chi connectivity index (χ3n) is 2.62. The molecule has 1 amide bonds. The Hall–Kier alpha value is -1.61. The van der Waals surface area contributed by atoms with Gasteiger partial charge in [-0.3, -0.25) is 4.79 Å². The number of nitrogens with one attached hydrogen (secondary N) is 2. The minimum Gasteiger partial charge on any atom is -0.471 e. The Kier molecular flexibility index (Phi) is 9.50. The number of amides is 1. The van der Waals surface area contributed by atoms with E-state index in [1.54, 1.807) is 7.05 Å². The van der Waals surface area contributed by atoms with E-state index in [0.29, 0.717) is 6.54 Å². The van der Waals surface area contributed by atoms with Gasteiger partial charge in [-0.05, 0) is 26.1 Å². The first kappa shape index (κ1) is 21.4. The van der Waals surface area contributed by atoms with E-state index in [-0.39, 0.29) is 29.8 Å². The molecule has 0 unspecified atom stereocenters. The van der Waals surface area contributed by atoms with E-state index in [9.17, 15) is 22.4 Å². The number of nitrogens with zero attached hydrogens (tertiary/aromatic N) is 1. The van der Waals surface area contributed by atoms with E-state index in [1.165, 1.54) is 12.1 Å². The van der Waals surface area contributed by atoms with Crippen LogP contribution in [0.3, 0.4) is 0 Å². The molecule has 1 aromatic rings. The smallest absolute Gasteiger partial charge is 0.340 e. The number of ether oxygens (including phenoxy) is 1. The van der Waals surface area contributed by atoms with Gasteiger partial charge in [0.05, 0.1) is 5.56 Å². The Morgan fingerprint density at radius 2 is 2.04 bits per heavy atom. The van der Waals surface area contributed by atoms with Crippen LogP contribution in [0.2, 0.25) is 0 Å². The number of pyridine rings is 1. The summed E-state index contributed by atoms with van der Waals surface area (Å²) >= 11 is 0. The molecule has 0 saturated heterocycles. The third kappa shape index (κ3) is 7.47. The first-order valence-corrected chi connectivity index (χ1v) is 6.54. The van der Waals surface area contributed by atoms with Gasteiger partial charge in [-0.2, -0.15) is 8.78 Å². The van der Waals surface area contributed by atoms with Gasteiger partial charge in [0.25, 0.3) is 5.91 Å². The fraction of sp³-hybridized carbons (Fsp3) is 0.538. The first-order valence-electron chi connectivity index (χ1n) is 6.54. The highest BCUT2D eigenvalue weighted by Crippen LogP contribution is 2.23. The highest BCUT2D eigenvalue weighted by molar-refractivity contribution is 5.93. The van der Waals surface area contributed by atoms with Crippen molar-refractivity contribution >= 4 is 18.3 Å². The Balaban J connectivity index is 0.00000484. The van der Waals surface area contributed by atoms with Crippen LogP contribution in [0.4, 0.5) is 17.6 Å². The molecule has 0 atom stereocenters. The van der Waals surface area contributed by atoms with Gasteiger partial charge in [0.1, 0.15) is 0 Å². The predicted octanol–water partition coefficient (Wildman–Crippen LogP) is 2.12. The summed E-state index contributed by atoms with van der Waals surface area (Å²) in [6.07, 6.45) is -1.93. The minimum absolute atomic E-state index is 0. The number of rotatable bonds is 9. The number of hydrogen-bond acceptors (Lipinski definition) is 4. The molecule has 0 fully saturated rings.